The lowest BCUT2D eigenvalue weighted by molar-refractivity contribution is -0.119. The summed E-state index contributed by atoms with van der Waals surface area (Å²) in [5, 5.41) is 6.24. The standard InChI is InChI=1S/C6H12N2O/c1-5(9)6-4-7-2-3-8-6/h6-8H,2-4H2,1H3/t6-/m0/s1. The Hall–Kier alpha value is -0.410. The molecule has 0 bridgehead atoms. The van der Waals surface area contributed by atoms with E-state index in [0.717, 1.165) is 19.6 Å². The Morgan fingerprint density at radius 3 is 2.67 bits per heavy atom. The van der Waals surface area contributed by atoms with Gasteiger partial charge in [0.25, 0.3) is 0 Å². The van der Waals surface area contributed by atoms with E-state index in [9.17, 15) is 4.79 Å². The van der Waals surface area contributed by atoms with E-state index in [1.54, 1.807) is 6.92 Å². The van der Waals surface area contributed by atoms with Crippen LogP contribution in [0.4, 0.5) is 0 Å². The van der Waals surface area contributed by atoms with E-state index >= 15 is 0 Å². The fourth-order valence-electron chi connectivity index (χ4n) is 0.941. The van der Waals surface area contributed by atoms with Crippen molar-refractivity contribution in [3.05, 3.63) is 0 Å². The van der Waals surface area contributed by atoms with E-state index in [0.29, 0.717) is 0 Å². The van der Waals surface area contributed by atoms with Crippen molar-refractivity contribution in [3.63, 3.8) is 0 Å². The molecule has 0 saturated carbocycles. The van der Waals surface area contributed by atoms with Crippen molar-refractivity contribution in [2.24, 2.45) is 0 Å². The zero-order valence-corrected chi connectivity index (χ0v) is 5.61. The second-order valence-electron chi connectivity index (χ2n) is 2.32. The molecule has 3 nitrogen and oxygen atoms in total. The molecule has 1 aliphatic heterocycles. The minimum absolute atomic E-state index is 0.0544. The van der Waals surface area contributed by atoms with E-state index in [-0.39, 0.29) is 11.8 Å². The third-order valence-corrected chi connectivity index (χ3v) is 1.53. The zero-order chi connectivity index (χ0) is 6.69. The zero-order valence-electron chi connectivity index (χ0n) is 5.61. The maximum Gasteiger partial charge on any atom is 0.147 e. The fraction of sp³-hybridized carbons (Fsp3) is 0.833. The molecule has 0 unspecified atom stereocenters. The molecule has 0 aliphatic carbocycles. The Balaban J connectivity index is 2.31. The number of carbonyl (C=O) groups is 1. The molecule has 52 valence electrons. The van der Waals surface area contributed by atoms with Crippen molar-refractivity contribution in [2.75, 3.05) is 19.6 Å². The molecule has 0 aromatic heterocycles. The summed E-state index contributed by atoms with van der Waals surface area (Å²) in [5.74, 6) is 0.224. The number of hydrogen-bond donors (Lipinski definition) is 2. The summed E-state index contributed by atoms with van der Waals surface area (Å²) in [5.41, 5.74) is 0. The number of carbonyl (C=O) groups excluding carboxylic acids is 1. The van der Waals surface area contributed by atoms with Crippen LogP contribution >= 0.6 is 0 Å². The molecule has 3 heteroatoms. The third kappa shape index (κ3) is 1.77. The smallest absolute Gasteiger partial charge is 0.147 e. The van der Waals surface area contributed by atoms with Crippen LogP contribution in [0.25, 0.3) is 0 Å². The first kappa shape index (κ1) is 6.71. The van der Waals surface area contributed by atoms with Crippen LogP contribution in [0.5, 0.6) is 0 Å². The van der Waals surface area contributed by atoms with Gasteiger partial charge in [0, 0.05) is 19.6 Å². The van der Waals surface area contributed by atoms with Gasteiger partial charge >= 0.3 is 0 Å². The Bertz CT molecular complexity index is 108. The van der Waals surface area contributed by atoms with Crippen molar-refractivity contribution in [3.8, 4) is 0 Å². The van der Waals surface area contributed by atoms with Crippen LogP contribution in [0.1, 0.15) is 6.92 Å². The Kier molecular flexibility index (Phi) is 2.19. The van der Waals surface area contributed by atoms with Gasteiger partial charge in [0.2, 0.25) is 0 Å². The van der Waals surface area contributed by atoms with E-state index in [2.05, 4.69) is 10.6 Å². The van der Waals surface area contributed by atoms with Crippen molar-refractivity contribution in [2.45, 2.75) is 13.0 Å². The summed E-state index contributed by atoms with van der Waals surface area (Å²) in [6.07, 6.45) is 0. The lowest BCUT2D eigenvalue weighted by atomic mass is 10.2. The second kappa shape index (κ2) is 2.94. The van der Waals surface area contributed by atoms with Crippen LogP contribution in [0.15, 0.2) is 0 Å². The van der Waals surface area contributed by atoms with Gasteiger partial charge in [-0.2, -0.15) is 0 Å². The number of ketones is 1. The average molecular weight is 128 g/mol. The van der Waals surface area contributed by atoms with E-state index in [4.69, 9.17) is 0 Å². The maximum atomic E-state index is 10.7. The molecule has 0 amide bonds. The molecule has 0 aromatic rings. The van der Waals surface area contributed by atoms with Gasteiger partial charge in [-0.1, -0.05) is 0 Å². The number of nitrogens with one attached hydrogen (secondary N) is 2. The van der Waals surface area contributed by atoms with Crippen LogP contribution in [-0.4, -0.2) is 31.5 Å². The van der Waals surface area contributed by atoms with Gasteiger partial charge in [0.1, 0.15) is 5.78 Å². The van der Waals surface area contributed by atoms with Gasteiger partial charge in [-0.3, -0.25) is 4.79 Å². The molecule has 1 atom stereocenters. The number of Topliss-reactive ketones (excluding diaryl/α,β-unsaturated/α-hetero) is 1. The quantitative estimate of drug-likeness (QED) is 0.482. The van der Waals surface area contributed by atoms with Gasteiger partial charge in [-0.15, -0.1) is 0 Å². The monoisotopic (exact) mass is 128 g/mol. The number of rotatable bonds is 1. The lowest BCUT2D eigenvalue weighted by Gasteiger charge is -2.21. The summed E-state index contributed by atoms with van der Waals surface area (Å²) in [7, 11) is 0. The first-order chi connectivity index (χ1) is 4.30. The van der Waals surface area contributed by atoms with Gasteiger partial charge in [-0.05, 0) is 6.92 Å². The summed E-state index contributed by atoms with van der Waals surface area (Å²) >= 11 is 0. The van der Waals surface area contributed by atoms with Gasteiger partial charge < -0.3 is 10.6 Å². The summed E-state index contributed by atoms with van der Waals surface area (Å²) in [6.45, 7) is 4.29. The number of piperazine rings is 1. The lowest BCUT2D eigenvalue weighted by Crippen LogP contribution is -2.51. The molecule has 1 heterocycles. The maximum absolute atomic E-state index is 10.7. The molecule has 1 saturated heterocycles. The van der Waals surface area contributed by atoms with E-state index < -0.39 is 0 Å². The summed E-state index contributed by atoms with van der Waals surface area (Å²) in [4.78, 5) is 10.7. The first-order valence-electron chi connectivity index (χ1n) is 3.25. The molecule has 0 spiro atoms. The molecule has 0 radical (unpaired) electrons. The highest BCUT2D eigenvalue weighted by Crippen LogP contribution is 1.86. The van der Waals surface area contributed by atoms with Gasteiger partial charge in [0.05, 0.1) is 6.04 Å². The molecule has 1 aliphatic rings. The van der Waals surface area contributed by atoms with E-state index in [1.807, 2.05) is 0 Å². The largest absolute Gasteiger partial charge is 0.313 e. The van der Waals surface area contributed by atoms with Crippen molar-refractivity contribution >= 4 is 5.78 Å². The third-order valence-electron chi connectivity index (χ3n) is 1.53. The Labute approximate surface area is 54.8 Å². The highest BCUT2D eigenvalue weighted by Gasteiger charge is 2.14. The predicted octanol–water partition coefficient (Wildman–Crippen LogP) is -0.863. The highest BCUT2D eigenvalue weighted by molar-refractivity contribution is 5.81. The molecule has 0 aromatic carbocycles. The van der Waals surface area contributed by atoms with Crippen LogP contribution in [0.2, 0.25) is 0 Å². The van der Waals surface area contributed by atoms with E-state index in [1.165, 1.54) is 0 Å². The van der Waals surface area contributed by atoms with Crippen LogP contribution in [0, 0.1) is 0 Å². The molecule has 2 N–H and O–H groups in total. The average Bonchev–Trinajstić information content (AvgIpc) is 1.90. The van der Waals surface area contributed by atoms with Crippen LogP contribution in [0.3, 0.4) is 0 Å². The molecule has 1 fully saturated rings. The van der Waals surface area contributed by atoms with Crippen LogP contribution < -0.4 is 10.6 Å². The number of hydrogen-bond acceptors (Lipinski definition) is 3. The van der Waals surface area contributed by atoms with Crippen LogP contribution in [-0.2, 0) is 4.79 Å². The minimum atomic E-state index is 0.0544. The fourth-order valence-corrected chi connectivity index (χ4v) is 0.941. The SMILES string of the molecule is CC(=O)[C@@H]1CNCCN1. The second-order valence-corrected chi connectivity index (χ2v) is 2.32. The normalized spacial score (nSPS) is 27.9. The first-order valence-corrected chi connectivity index (χ1v) is 3.25. The van der Waals surface area contributed by atoms with Crippen molar-refractivity contribution in [1.82, 2.24) is 10.6 Å². The molecular weight excluding hydrogens is 116 g/mol. The van der Waals surface area contributed by atoms with Crippen molar-refractivity contribution in [1.29, 1.82) is 0 Å². The van der Waals surface area contributed by atoms with Gasteiger partial charge in [0.15, 0.2) is 0 Å². The molecule has 1 rings (SSSR count). The molecular formula is C6H12N2O. The van der Waals surface area contributed by atoms with Crippen molar-refractivity contribution < 1.29 is 4.79 Å². The summed E-state index contributed by atoms with van der Waals surface area (Å²) < 4.78 is 0. The topological polar surface area (TPSA) is 41.1 Å². The Morgan fingerprint density at radius 1 is 1.56 bits per heavy atom. The molecule has 9 heavy (non-hydrogen) atoms. The Morgan fingerprint density at radius 2 is 2.33 bits per heavy atom. The summed E-state index contributed by atoms with van der Waals surface area (Å²) in [6, 6.07) is 0.0544. The minimum Gasteiger partial charge on any atom is -0.313 e. The van der Waals surface area contributed by atoms with Gasteiger partial charge in [-0.25, -0.2) is 0 Å². The highest BCUT2D eigenvalue weighted by atomic mass is 16.1. The predicted molar refractivity (Wildman–Crippen MR) is 35.3 cm³/mol.